The first-order valence-electron chi connectivity index (χ1n) is 11.1. The Balaban J connectivity index is -0.0000000656. The Kier molecular flexibility index (Phi) is 24.9. The van der Waals surface area contributed by atoms with Crippen LogP contribution in [-0.4, -0.2) is 36.4 Å². The van der Waals surface area contributed by atoms with Gasteiger partial charge in [-0.2, -0.15) is 13.5 Å². The highest BCUT2D eigenvalue weighted by Crippen LogP contribution is 2.11. The molecule has 0 bridgehead atoms. The number of ether oxygens (including phenoxy) is 2. The second-order valence-electron chi connectivity index (χ2n) is 6.87. The Morgan fingerprint density at radius 3 is 1.85 bits per heavy atom. The van der Waals surface area contributed by atoms with Gasteiger partial charge in [0.2, 0.25) is 0 Å². The minimum absolute atomic E-state index is 0. The first kappa shape index (κ1) is 32.8. The summed E-state index contributed by atoms with van der Waals surface area (Å²) in [5.41, 5.74) is 0. The van der Waals surface area contributed by atoms with Crippen LogP contribution in [0.5, 0.6) is 0 Å². The van der Waals surface area contributed by atoms with Gasteiger partial charge in [-0.15, -0.1) is 6.42 Å². The van der Waals surface area contributed by atoms with Gasteiger partial charge < -0.3 is 14.6 Å². The third kappa shape index (κ3) is 23.3. The number of unbranched alkanes of at least 4 members (excludes halogenated alkanes) is 8. The Labute approximate surface area is 229 Å². The van der Waals surface area contributed by atoms with Gasteiger partial charge in [-0.05, 0) is 65.6 Å². The van der Waals surface area contributed by atoms with Crippen molar-refractivity contribution in [2.24, 2.45) is 0 Å². The fourth-order valence-corrected chi connectivity index (χ4v) is 2.49. The zero-order valence-corrected chi connectivity index (χ0v) is 20.7. The maximum absolute atomic E-state index is 11.9. The predicted molar refractivity (Wildman–Crippen MR) is 163 cm³/mol. The molecule has 0 unspecified atom stereocenters. The van der Waals surface area contributed by atoms with Gasteiger partial charge >= 0.3 is 11.9 Å². The second kappa shape index (κ2) is 25.9. The maximum Gasteiger partial charge on any atom is 0.385 e. The van der Waals surface area contributed by atoms with E-state index in [-0.39, 0.29) is 43.6 Å². The van der Waals surface area contributed by atoms with Gasteiger partial charge in [0.05, 0.1) is 6.61 Å². The largest absolute Gasteiger partial charge is 0.456 e. The predicted octanol–water partition coefficient (Wildman–Crippen LogP) is 6.07. The van der Waals surface area contributed by atoms with E-state index in [0.717, 1.165) is 19.3 Å². The lowest BCUT2D eigenvalue weighted by atomic mass is 10.1. The summed E-state index contributed by atoms with van der Waals surface area (Å²) in [4.78, 5) is 23.4. The monoisotopic (exact) mass is 504 g/mol. The molecule has 0 saturated carbocycles. The van der Waals surface area contributed by atoms with E-state index in [1.54, 1.807) is 0 Å². The van der Waals surface area contributed by atoms with Crippen molar-refractivity contribution in [3.63, 3.8) is 0 Å². The molecule has 0 aliphatic heterocycles. The number of esters is 2. The Hall–Kier alpha value is -3.39. The average molecular weight is 505 g/mol. The molecular formula is C28H56O5S. The van der Waals surface area contributed by atoms with Crippen molar-refractivity contribution in [1.82, 2.24) is 0 Å². The van der Waals surface area contributed by atoms with E-state index >= 15 is 0 Å². The number of terminal acetylenes is 1. The van der Waals surface area contributed by atoms with Crippen molar-refractivity contribution in [2.75, 3.05) is 13.2 Å². The van der Waals surface area contributed by atoms with E-state index < -0.39 is 24.6 Å². The number of hydrogen-bond acceptors (Lipinski definition) is 5. The lowest BCUT2D eigenvalue weighted by Crippen LogP contribution is -2.28. The molecule has 0 aromatic carbocycles. The number of aliphatic hydroxyl groups is 1. The maximum atomic E-state index is 11.9. The van der Waals surface area contributed by atoms with Crippen molar-refractivity contribution in [3.8, 4) is 71.5 Å². The highest BCUT2D eigenvalue weighted by atomic mass is 32.1. The molecule has 0 radical (unpaired) electrons. The van der Waals surface area contributed by atoms with Crippen LogP contribution in [0.1, 0.15) is 88.3 Å². The van der Waals surface area contributed by atoms with E-state index in [4.69, 9.17) is 15.9 Å². The normalized spacial score (nSPS) is 8.97. The highest BCUT2D eigenvalue weighted by molar-refractivity contribution is 7.59. The summed E-state index contributed by atoms with van der Waals surface area (Å²) in [6.07, 6.45) is 14.6. The minimum Gasteiger partial charge on any atom is -0.456 e. The van der Waals surface area contributed by atoms with Crippen LogP contribution in [0.4, 0.5) is 0 Å². The topological polar surface area (TPSA) is 72.8 Å². The van der Waals surface area contributed by atoms with Gasteiger partial charge in [0.25, 0.3) is 0 Å². The van der Waals surface area contributed by atoms with Crippen LogP contribution in [0, 0.1) is 71.5 Å². The number of rotatable bonds is 14. The van der Waals surface area contributed by atoms with Crippen LogP contribution in [0.15, 0.2) is 0 Å². The summed E-state index contributed by atoms with van der Waals surface area (Å²) in [6.45, 7) is 1.47. The molecule has 0 fully saturated rings. The van der Waals surface area contributed by atoms with E-state index in [2.05, 4.69) is 72.0 Å². The summed E-state index contributed by atoms with van der Waals surface area (Å²) in [5, 5.41) is 9.31. The summed E-state index contributed by atoms with van der Waals surface area (Å²) in [6, 6.07) is 0. The molecule has 6 heteroatoms. The molecule has 0 aromatic heterocycles. The van der Waals surface area contributed by atoms with Crippen LogP contribution in [-0.2, 0) is 19.1 Å². The van der Waals surface area contributed by atoms with Crippen molar-refractivity contribution < 1.29 is 41.3 Å². The lowest BCUT2D eigenvalue weighted by molar-refractivity contribution is -0.159. The van der Waals surface area contributed by atoms with E-state index in [9.17, 15) is 14.7 Å². The van der Waals surface area contributed by atoms with Gasteiger partial charge in [0.1, 0.15) is 6.61 Å². The van der Waals surface area contributed by atoms with Crippen molar-refractivity contribution in [1.29, 1.82) is 0 Å². The van der Waals surface area contributed by atoms with Gasteiger partial charge in [-0.1, -0.05) is 58.3 Å². The van der Waals surface area contributed by atoms with Crippen molar-refractivity contribution in [3.05, 3.63) is 0 Å². The zero-order valence-electron chi connectivity index (χ0n) is 19.7. The molecule has 5 nitrogen and oxygen atoms in total. The molecular weight excluding hydrogens is 448 g/mol. The van der Waals surface area contributed by atoms with Gasteiger partial charge in [0.15, 0.2) is 6.10 Å². The van der Waals surface area contributed by atoms with Crippen molar-refractivity contribution in [2.45, 2.75) is 77.2 Å². The molecule has 1 atom stereocenters. The minimum atomic E-state index is -0.921. The summed E-state index contributed by atoms with van der Waals surface area (Å²) in [5.74, 6) is 24.3. The van der Waals surface area contributed by atoms with Gasteiger partial charge in [-0.25, -0.2) is 4.79 Å². The average Bonchev–Trinajstić information content (AvgIpc) is 2.81. The third-order valence-electron chi connectivity index (χ3n) is 4.12. The molecule has 34 heavy (non-hydrogen) atoms. The van der Waals surface area contributed by atoms with Crippen LogP contribution >= 0.6 is 13.5 Å². The quantitative estimate of drug-likeness (QED) is 0.134. The molecule has 0 aliphatic rings. The molecule has 0 heterocycles. The highest BCUT2D eigenvalue weighted by Gasteiger charge is 2.15. The first-order valence-corrected chi connectivity index (χ1v) is 11.1. The third-order valence-corrected chi connectivity index (χ3v) is 4.12. The first-order chi connectivity index (χ1) is 16.1. The molecule has 0 rings (SSSR count). The van der Waals surface area contributed by atoms with E-state index in [1.165, 1.54) is 38.5 Å². The number of carbonyl (C=O) groups excluding carboxylic acids is 2. The second-order valence-corrected chi connectivity index (χ2v) is 6.87. The molecule has 1 N–H and O–H groups in total. The Bertz CT molecular complexity index is 988. The summed E-state index contributed by atoms with van der Waals surface area (Å²) in [7, 11) is 0. The van der Waals surface area contributed by atoms with Crippen LogP contribution in [0.2, 0.25) is 0 Å². The SMILES string of the molecule is C#CC#CC#CC#CC#CC#CC(=O)OC[C@H](CO)OC(=O)CCCCCCCCCCC.S.[HH].[HH].[HH].[HH].[HH].[HH].[HH].[HH].[HH].[HH].[HH].[HH]. The molecule has 0 saturated heterocycles. The van der Waals surface area contributed by atoms with Gasteiger partial charge in [-0.3, -0.25) is 4.79 Å². The molecule has 0 amide bonds. The van der Waals surface area contributed by atoms with Crippen LogP contribution in [0.25, 0.3) is 0 Å². The molecule has 0 aromatic rings. The number of carbonyl (C=O) groups is 2. The zero-order chi connectivity index (χ0) is 24.4. The Morgan fingerprint density at radius 2 is 1.32 bits per heavy atom. The van der Waals surface area contributed by atoms with E-state index in [0.29, 0.717) is 0 Å². The Morgan fingerprint density at radius 1 is 0.824 bits per heavy atom. The fraction of sp³-hybridized carbons (Fsp3) is 0.500. The summed E-state index contributed by atoms with van der Waals surface area (Å²) >= 11 is 0. The molecule has 0 spiro atoms. The van der Waals surface area contributed by atoms with Crippen LogP contribution < -0.4 is 0 Å². The summed E-state index contributed by atoms with van der Waals surface area (Å²) < 4.78 is 10.0. The number of aliphatic hydroxyl groups excluding tert-OH is 1. The molecule has 0 aliphatic carbocycles. The van der Waals surface area contributed by atoms with Crippen molar-refractivity contribution >= 4 is 25.4 Å². The van der Waals surface area contributed by atoms with E-state index in [1.807, 2.05) is 0 Å². The van der Waals surface area contributed by atoms with Crippen LogP contribution in [0.3, 0.4) is 0 Å². The fourth-order valence-electron chi connectivity index (χ4n) is 2.49. The molecule has 204 valence electrons. The number of hydrogen-bond donors (Lipinski definition) is 1. The lowest BCUT2D eigenvalue weighted by Gasteiger charge is -2.14. The standard InChI is InChI=1S/C28H30O5.H2S.12H2/c1-3-5-7-9-11-13-15-16-18-20-22-27(30)32-25-26(24-29)33-28(31)23-21-19-17-14-12-10-8-6-4-2;;;;;;;;;;;;;/h1,26,29H,4,6,8,10,12,14,17,19,21,23-25H2,2H3;1H2;12*1H/t26-;;;;;;;;;;;;;/m0............./s1. The van der Waals surface area contributed by atoms with Gasteiger partial charge in [0, 0.05) is 29.5 Å². The smallest absolute Gasteiger partial charge is 0.385 e.